The van der Waals surface area contributed by atoms with Crippen molar-refractivity contribution >= 4 is 23.4 Å². The van der Waals surface area contributed by atoms with Crippen molar-refractivity contribution in [3.8, 4) is 0 Å². The van der Waals surface area contributed by atoms with Crippen molar-refractivity contribution in [2.75, 3.05) is 11.4 Å². The molecule has 0 aromatic heterocycles. The average Bonchev–Trinajstić information content (AvgIpc) is 2.86. The number of fused-ring (bicyclic) bond motifs is 1. The van der Waals surface area contributed by atoms with Crippen molar-refractivity contribution in [2.45, 2.75) is 12.8 Å². The van der Waals surface area contributed by atoms with E-state index >= 15 is 0 Å². The summed E-state index contributed by atoms with van der Waals surface area (Å²) in [7, 11) is 0. The maximum Gasteiger partial charge on any atom is 0.204 e. The lowest BCUT2D eigenvalue weighted by molar-refractivity contribution is -0.130. The molecule has 1 unspecified atom stereocenters. The molecule has 100 valence electrons. The number of anilines is 2. The summed E-state index contributed by atoms with van der Waals surface area (Å²) >= 11 is 0. The number of hydrogen-bond acceptors (Lipinski definition) is 3. The van der Waals surface area contributed by atoms with Crippen LogP contribution in [-0.2, 0) is 9.59 Å². The normalized spacial score (nSPS) is 16.9. The van der Waals surface area contributed by atoms with E-state index in [0.717, 1.165) is 22.5 Å². The smallest absolute Gasteiger partial charge is 0.204 e. The zero-order valence-corrected chi connectivity index (χ0v) is 11.2. The van der Waals surface area contributed by atoms with Crippen LogP contribution in [0.1, 0.15) is 17.0 Å². The molecule has 3 nitrogen and oxygen atoms in total. The molecule has 2 aromatic carbocycles. The van der Waals surface area contributed by atoms with Crippen LogP contribution in [0, 0.1) is 6.92 Å². The molecule has 1 aliphatic heterocycles. The monoisotopic (exact) mass is 265 g/mol. The molecule has 2 aromatic rings. The largest absolute Gasteiger partial charge is 0.340 e. The van der Waals surface area contributed by atoms with Gasteiger partial charge in [0.15, 0.2) is 6.29 Å². The minimum absolute atomic E-state index is 0.352. The van der Waals surface area contributed by atoms with E-state index in [4.69, 9.17) is 0 Å². The Hall–Kier alpha value is -2.42. The molecule has 20 heavy (non-hydrogen) atoms. The van der Waals surface area contributed by atoms with Gasteiger partial charge in [-0.05, 0) is 30.7 Å². The molecule has 3 heteroatoms. The topological polar surface area (TPSA) is 37.4 Å². The van der Waals surface area contributed by atoms with Gasteiger partial charge in [0.1, 0.15) is 0 Å². The Bertz CT molecular complexity index is 664. The van der Waals surface area contributed by atoms with Crippen LogP contribution in [0.25, 0.3) is 0 Å². The Labute approximate surface area is 117 Å². The van der Waals surface area contributed by atoms with Crippen LogP contribution in [0.15, 0.2) is 48.5 Å². The van der Waals surface area contributed by atoms with Crippen molar-refractivity contribution in [3.05, 3.63) is 59.7 Å². The summed E-state index contributed by atoms with van der Waals surface area (Å²) in [5, 5.41) is 0. The summed E-state index contributed by atoms with van der Waals surface area (Å²) in [4.78, 5) is 24.8. The summed E-state index contributed by atoms with van der Waals surface area (Å²) < 4.78 is 0. The maximum absolute atomic E-state index is 11.9. The number of aryl methyl sites for hydroxylation is 1. The van der Waals surface area contributed by atoms with Crippen LogP contribution in [0.3, 0.4) is 0 Å². The van der Waals surface area contributed by atoms with Crippen molar-refractivity contribution in [1.82, 2.24) is 0 Å². The highest BCUT2D eigenvalue weighted by atomic mass is 16.2. The quantitative estimate of drug-likeness (QED) is 0.632. The number of carbonyl (C=O) groups excluding carboxylic acids is 2. The summed E-state index contributed by atoms with van der Waals surface area (Å²) in [5.74, 6) is -0.710. The predicted molar refractivity (Wildman–Crippen MR) is 78.4 cm³/mol. The number of nitrogens with zero attached hydrogens (tertiary/aromatic N) is 1. The number of rotatable bonds is 3. The van der Waals surface area contributed by atoms with Crippen LogP contribution in [-0.4, -0.2) is 18.6 Å². The third-order valence-electron chi connectivity index (χ3n) is 3.74. The molecule has 0 aliphatic carbocycles. The lowest BCUT2D eigenvalue weighted by Crippen LogP contribution is -2.21. The maximum atomic E-state index is 11.9. The molecular weight excluding hydrogens is 250 g/mol. The molecule has 0 saturated heterocycles. The average molecular weight is 265 g/mol. The first-order valence-corrected chi connectivity index (χ1v) is 6.63. The second-order valence-electron chi connectivity index (χ2n) is 5.08. The van der Waals surface area contributed by atoms with E-state index in [9.17, 15) is 9.59 Å². The van der Waals surface area contributed by atoms with E-state index in [1.165, 1.54) is 0 Å². The fourth-order valence-electron chi connectivity index (χ4n) is 2.76. The second kappa shape index (κ2) is 4.93. The molecule has 3 rings (SSSR count). The SMILES string of the molecule is Cc1ccc2c(c1)C(C(=O)C=O)CN2c1ccccc1. The number of ketones is 1. The van der Waals surface area contributed by atoms with Crippen LogP contribution in [0.2, 0.25) is 0 Å². The molecule has 0 radical (unpaired) electrons. The number of benzene rings is 2. The van der Waals surface area contributed by atoms with Gasteiger partial charge in [-0.2, -0.15) is 0 Å². The third kappa shape index (κ3) is 2.01. The van der Waals surface area contributed by atoms with Gasteiger partial charge in [-0.1, -0.05) is 35.9 Å². The minimum Gasteiger partial charge on any atom is -0.340 e. The predicted octanol–water partition coefficient (Wildman–Crippen LogP) is 3.00. The van der Waals surface area contributed by atoms with Crippen molar-refractivity contribution in [1.29, 1.82) is 0 Å². The summed E-state index contributed by atoms with van der Waals surface area (Å²) in [5.41, 5.74) is 4.11. The van der Waals surface area contributed by atoms with Crippen LogP contribution in [0.5, 0.6) is 0 Å². The summed E-state index contributed by atoms with van der Waals surface area (Å²) in [6, 6.07) is 16.0. The molecule has 0 N–H and O–H groups in total. The molecule has 0 spiro atoms. The molecule has 0 bridgehead atoms. The van der Waals surface area contributed by atoms with Crippen molar-refractivity contribution in [3.63, 3.8) is 0 Å². The first-order valence-electron chi connectivity index (χ1n) is 6.63. The van der Waals surface area contributed by atoms with Crippen molar-refractivity contribution < 1.29 is 9.59 Å². The second-order valence-corrected chi connectivity index (χ2v) is 5.08. The van der Waals surface area contributed by atoms with Gasteiger partial charge < -0.3 is 4.90 Å². The van der Waals surface area contributed by atoms with Gasteiger partial charge in [0.05, 0.1) is 5.92 Å². The van der Waals surface area contributed by atoms with Gasteiger partial charge in [-0.25, -0.2) is 0 Å². The number of hydrogen-bond donors (Lipinski definition) is 0. The Balaban J connectivity index is 2.09. The molecule has 0 fully saturated rings. The molecule has 1 atom stereocenters. The Morgan fingerprint density at radius 3 is 2.65 bits per heavy atom. The molecule has 0 saturated carbocycles. The third-order valence-corrected chi connectivity index (χ3v) is 3.74. The van der Waals surface area contributed by atoms with E-state index in [2.05, 4.69) is 4.90 Å². The lowest BCUT2D eigenvalue weighted by atomic mass is 9.96. The minimum atomic E-state index is -0.359. The van der Waals surface area contributed by atoms with Crippen LogP contribution < -0.4 is 4.90 Å². The van der Waals surface area contributed by atoms with Gasteiger partial charge in [-0.3, -0.25) is 9.59 Å². The Kier molecular flexibility index (Phi) is 3.11. The van der Waals surface area contributed by atoms with E-state index in [1.54, 1.807) is 0 Å². The van der Waals surface area contributed by atoms with E-state index < -0.39 is 0 Å². The first-order chi connectivity index (χ1) is 9.70. The van der Waals surface area contributed by atoms with Gasteiger partial charge >= 0.3 is 0 Å². The number of aldehydes is 1. The highest BCUT2D eigenvalue weighted by molar-refractivity contribution is 6.28. The number of Topliss-reactive ketones (excluding diaryl/α,β-unsaturated/α-hetero) is 1. The van der Waals surface area contributed by atoms with Crippen LogP contribution >= 0.6 is 0 Å². The van der Waals surface area contributed by atoms with E-state index in [-0.39, 0.29) is 11.7 Å². The van der Waals surface area contributed by atoms with E-state index in [1.807, 2.05) is 55.5 Å². The van der Waals surface area contributed by atoms with Crippen molar-refractivity contribution in [2.24, 2.45) is 0 Å². The Morgan fingerprint density at radius 1 is 1.20 bits per heavy atom. The molecule has 1 heterocycles. The first kappa shape index (κ1) is 12.6. The van der Waals surface area contributed by atoms with Gasteiger partial charge in [0.25, 0.3) is 0 Å². The fourth-order valence-corrected chi connectivity index (χ4v) is 2.76. The standard InChI is InChI=1S/C17H15NO2/c1-12-7-8-16-14(9-12)15(17(20)11-19)10-18(16)13-5-3-2-4-6-13/h2-9,11,15H,10H2,1H3. The zero-order valence-electron chi connectivity index (χ0n) is 11.2. The fraction of sp³-hybridized carbons (Fsp3) is 0.176. The van der Waals surface area contributed by atoms with E-state index in [0.29, 0.717) is 12.8 Å². The number of carbonyl (C=O) groups is 2. The summed E-state index contributed by atoms with van der Waals surface area (Å²) in [6.07, 6.45) is 0.436. The highest BCUT2D eigenvalue weighted by Gasteiger charge is 2.33. The summed E-state index contributed by atoms with van der Waals surface area (Å²) in [6.45, 7) is 2.52. The van der Waals surface area contributed by atoms with Crippen LogP contribution in [0.4, 0.5) is 11.4 Å². The lowest BCUT2D eigenvalue weighted by Gasteiger charge is -2.19. The van der Waals surface area contributed by atoms with Gasteiger partial charge in [0.2, 0.25) is 5.78 Å². The molecule has 0 amide bonds. The van der Waals surface area contributed by atoms with Gasteiger partial charge in [-0.15, -0.1) is 0 Å². The van der Waals surface area contributed by atoms with Gasteiger partial charge in [0, 0.05) is 17.9 Å². The molecular formula is C17H15NO2. The highest BCUT2D eigenvalue weighted by Crippen LogP contribution is 2.41. The molecule has 1 aliphatic rings. The Morgan fingerprint density at radius 2 is 1.95 bits per heavy atom. The zero-order chi connectivity index (χ0) is 14.1. The number of para-hydroxylation sites is 1.